The number of anilines is 1. The van der Waals surface area contributed by atoms with Gasteiger partial charge < -0.3 is 10.1 Å². The Morgan fingerprint density at radius 2 is 1.88 bits per heavy atom. The number of ether oxygens (including phenoxy) is 1. The summed E-state index contributed by atoms with van der Waals surface area (Å²) in [6.45, 7) is 2.45. The molecule has 2 rings (SSSR count). The number of carbonyl (C=O) groups is 2. The Hall–Kier alpha value is -2.33. The van der Waals surface area contributed by atoms with Crippen LogP contribution in [0, 0.1) is 0 Å². The lowest BCUT2D eigenvalue weighted by Crippen LogP contribution is -2.13. The zero-order valence-corrected chi connectivity index (χ0v) is 15.0. The van der Waals surface area contributed by atoms with Crippen molar-refractivity contribution in [1.29, 1.82) is 0 Å². The molecule has 132 valence electrons. The van der Waals surface area contributed by atoms with Gasteiger partial charge in [-0.2, -0.15) is 0 Å². The molecule has 0 aliphatic heterocycles. The highest BCUT2D eigenvalue weighted by atomic mass is 35.5. The quantitative estimate of drug-likeness (QED) is 0.540. The van der Waals surface area contributed by atoms with E-state index in [0.717, 1.165) is 18.4 Å². The van der Waals surface area contributed by atoms with Crippen LogP contribution in [0.1, 0.15) is 42.1 Å². The van der Waals surface area contributed by atoms with Crippen molar-refractivity contribution in [1.82, 2.24) is 0 Å². The van der Waals surface area contributed by atoms with E-state index in [-0.39, 0.29) is 11.9 Å². The van der Waals surface area contributed by atoms with Crippen LogP contribution < -0.4 is 5.32 Å². The molecule has 5 heteroatoms. The summed E-state index contributed by atoms with van der Waals surface area (Å²) in [7, 11) is 0. The van der Waals surface area contributed by atoms with E-state index in [2.05, 4.69) is 5.32 Å². The SMILES string of the molecule is CCCCOC(=O)c1cccc(NC(=O)CCc2ccc(Cl)cc2)c1. The number of hydrogen-bond acceptors (Lipinski definition) is 3. The first-order valence-electron chi connectivity index (χ1n) is 8.40. The van der Waals surface area contributed by atoms with Crippen LogP contribution in [0.5, 0.6) is 0 Å². The number of amides is 1. The molecule has 0 saturated heterocycles. The van der Waals surface area contributed by atoms with E-state index >= 15 is 0 Å². The molecule has 0 heterocycles. The number of halogens is 1. The lowest BCUT2D eigenvalue weighted by Gasteiger charge is -2.08. The van der Waals surface area contributed by atoms with E-state index in [0.29, 0.717) is 35.7 Å². The average molecular weight is 360 g/mol. The summed E-state index contributed by atoms with van der Waals surface area (Å²) < 4.78 is 5.18. The molecule has 0 atom stereocenters. The molecule has 0 unspecified atom stereocenters. The van der Waals surface area contributed by atoms with Gasteiger partial charge >= 0.3 is 5.97 Å². The number of hydrogen-bond donors (Lipinski definition) is 1. The topological polar surface area (TPSA) is 55.4 Å². The second-order valence-corrected chi connectivity index (χ2v) is 6.18. The second kappa shape index (κ2) is 9.84. The van der Waals surface area contributed by atoms with Crippen LogP contribution in [0.2, 0.25) is 5.02 Å². The lowest BCUT2D eigenvalue weighted by molar-refractivity contribution is -0.116. The first kappa shape index (κ1) is 19.0. The molecule has 0 aliphatic carbocycles. The molecule has 1 N–H and O–H groups in total. The van der Waals surface area contributed by atoms with Crippen molar-refractivity contribution in [2.75, 3.05) is 11.9 Å². The summed E-state index contributed by atoms with van der Waals surface area (Å²) in [5, 5.41) is 3.49. The van der Waals surface area contributed by atoms with Gasteiger partial charge in [-0.3, -0.25) is 4.79 Å². The summed E-state index contributed by atoms with van der Waals surface area (Å²) in [6.07, 6.45) is 2.79. The number of carbonyl (C=O) groups excluding carboxylic acids is 2. The van der Waals surface area contributed by atoms with Crippen molar-refractivity contribution in [3.63, 3.8) is 0 Å². The smallest absolute Gasteiger partial charge is 0.338 e. The minimum absolute atomic E-state index is 0.105. The van der Waals surface area contributed by atoms with E-state index in [1.165, 1.54) is 0 Å². The maximum Gasteiger partial charge on any atom is 0.338 e. The largest absolute Gasteiger partial charge is 0.462 e. The van der Waals surface area contributed by atoms with Crippen molar-refractivity contribution in [3.05, 3.63) is 64.7 Å². The minimum atomic E-state index is -0.370. The number of aryl methyl sites for hydroxylation is 1. The van der Waals surface area contributed by atoms with E-state index < -0.39 is 0 Å². The minimum Gasteiger partial charge on any atom is -0.462 e. The van der Waals surface area contributed by atoms with Gasteiger partial charge in [0.25, 0.3) is 0 Å². The fourth-order valence-electron chi connectivity index (χ4n) is 2.25. The number of benzene rings is 2. The van der Waals surface area contributed by atoms with E-state index in [1.807, 2.05) is 31.2 Å². The average Bonchev–Trinajstić information content (AvgIpc) is 2.61. The molecule has 0 aromatic heterocycles. The molecule has 2 aromatic rings. The van der Waals surface area contributed by atoms with Gasteiger partial charge in [-0.1, -0.05) is 43.1 Å². The lowest BCUT2D eigenvalue weighted by atomic mass is 10.1. The highest BCUT2D eigenvalue weighted by Gasteiger charge is 2.09. The first-order valence-corrected chi connectivity index (χ1v) is 8.77. The highest BCUT2D eigenvalue weighted by Crippen LogP contribution is 2.14. The third-order valence-electron chi connectivity index (χ3n) is 3.67. The van der Waals surface area contributed by atoms with Gasteiger partial charge in [-0.25, -0.2) is 4.79 Å². The highest BCUT2D eigenvalue weighted by molar-refractivity contribution is 6.30. The summed E-state index contributed by atoms with van der Waals surface area (Å²) in [6, 6.07) is 14.2. The maximum atomic E-state index is 12.1. The van der Waals surface area contributed by atoms with Gasteiger partial charge in [0.1, 0.15) is 0 Å². The monoisotopic (exact) mass is 359 g/mol. The Morgan fingerprint density at radius 3 is 2.60 bits per heavy atom. The Bertz CT molecular complexity index is 713. The van der Waals surface area contributed by atoms with Gasteiger partial charge in [0, 0.05) is 17.1 Å². The van der Waals surface area contributed by atoms with Gasteiger partial charge in [0.2, 0.25) is 5.91 Å². The molecule has 0 saturated carbocycles. The summed E-state index contributed by atoms with van der Waals surface area (Å²) in [5.74, 6) is -0.475. The molecule has 2 aromatic carbocycles. The summed E-state index contributed by atoms with van der Waals surface area (Å²) in [4.78, 5) is 24.0. The molecular weight excluding hydrogens is 338 g/mol. The summed E-state index contributed by atoms with van der Waals surface area (Å²) >= 11 is 5.84. The van der Waals surface area contributed by atoms with Crippen LogP contribution in [-0.2, 0) is 16.0 Å². The van der Waals surface area contributed by atoms with Gasteiger partial charge in [0.15, 0.2) is 0 Å². The first-order chi connectivity index (χ1) is 12.1. The molecule has 0 fully saturated rings. The molecular formula is C20H22ClNO3. The molecule has 25 heavy (non-hydrogen) atoms. The predicted molar refractivity (Wildman–Crippen MR) is 100 cm³/mol. The van der Waals surface area contributed by atoms with Crippen LogP contribution in [0.4, 0.5) is 5.69 Å². The van der Waals surface area contributed by atoms with Crippen molar-refractivity contribution in [2.45, 2.75) is 32.6 Å². The van der Waals surface area contributed by atoms with E-state index in [1.54, 1.807) is 24.3 Å². The predicted octanol–water partition coefficient (Wildman–Crippen LogP) is 4.87. The molecule has 0 bridgehead atoms. The molecule has 1 amide bonds. The molecule has 0 spiro atoms. The Morgan fingerprint density at radius 1 is 1.12 bits per heavy atom. The van der Waals surface area contributed by atoms with Gasteiger partial charge in [-0.15, -0.1) is 0 Å². The fraction of sp³-hybridized carbons (Fsp3) is 0.300. The molecule has 0 radical (unpaired) electrons. The fourth-order valence-corrected chi connectivity index (χ4v) is 2.37. The van der Waals surface area contributed by atoms with Gasteiger partial charge in [-0.05, 0) is 48.7 Å². The van der Waals surface area contributed by atoms with Crippen molar-refractivity contribution < 1.29 is 14.3 Å². The van der Waals surface area contributed by atoms with Gasteiger partial charge in [0.05, 0.1) is 12.2 Å². The third kappa shape index (κ3) is 6.59. The van der Waals surface area contributed by atoms with Crippen molar-refractivity contribution in [3.8, 4) is 0 Å². The third-order valence-corrected chi connectivity index (χ3v) is 3.92. The Kier molecular flexibility index (Phi) is 7.48. The number of rotatable bonds is 8. The zero-order valence-electron chi connectivity index (χ0n) is 14.3. The van der Waals surface area contributed by atoms with Crippen LogP contribution in [0.3, 0.4) is 0 Å². The zero-order chi connectivity index (χ0) is 18.1. The Balaban J connectivity index is 1.86. The van der Waals surface area contributed by atoms with Crippen LogP contribution in [0.25, 0.3) is 0 Å². The molecule has 0 aliphatic rings. The van der Waals surface area contributed by atoms with E-state index in [9.17, 15) is 9.59 Å². The maximum absolute atomic E-state index is 12.1. The van der Waals surface area contributed by atoms with Crippen LogP contribution in [-0.4, -0.2) is 18.5 Å². The Labute approximate surface area is 153 Å². The van der Waals surface area contributed by atoms with Crippen molar-refractivity contribution in [2.24, 2.45) is 0 Å². The van der Waals surface area contributed by atoms with Crippen LogP contribution >= 0.6 is 11.6 Å². The number of nitrogens with one attached hydrogen (secondary N) is 1. The number of unbranched alkanes of at least 4 members (excludes halogenated alkanes) is 1. The standard InChI is InChI=1S/C20H22ClNO3/c1-2-3-13-25-20(24)16-5-4-6-18(14-16)22-19(23)12-9-15-7-10-17(21)11-8-15/h4-8,10-11,14H,2-3,9,12-13H2,1H3,(H,22,23). The summed E-state index contributed by atoms with van der Waals surface area (Å²) in [5.41, 5.74) is 2.07. The normalized spacial score (nSPS) is 10.3. The molecule has 4 nitrogen and oxygen atoms in total. The van der Waals surface area contributed by atoms with E-state index in [4.69, 9.17) is 16.3 Å². The number of esters is 1. The van der Waals surface area contributed by atoms with Crippen molar-refractivity contribution >= 4 is 29.2 Å². The second-order valence-electron chi connectivity index (χ2n) is 5.74. The van der Waals surface area contributed by atoms with Crippen LogP contribution in [0.15, 0.2) is 48.5 Å².